The standard InChI is InChI=1S/C7H13NO2/c8-7(5-1-9-2-5)6-3-10-4-6/h5-7H,1-4,8H2. The second-order valence-electron chi connectivity index (χ2n) is 3.17. The van der Waals surface area contributed by atoms with Gasteiger partial charge >= 0.3 is 0 Å². The van der Waals surface area contributed by atoms with E-state index >= 15 is 0 Å². The zero-order valence-corrected chi connectivity index (χ0v) is 5.95. The third-order valence-corrected chi connectivity index (χ3v) is 2.42. The lowest BCUT2D eigenvalue weighted by atomic mass is 9.86. The predicted molar refractivity (Wildman–Crippen MR) is 36.6 cm³/mol. The predicted octanol–water partition coefficient (Wildman–Crippen LogP) is -0.394. The zero-order valence-electron chi connectivity index (χ0n) is 5.95. The quantitative estimate of drug-likeness (QED) is 0.572. The molecule has 0 aromatic carbocycles. The van der Waals surface area contributed by atoms with Crippen molar-refractivity contribution in [3.05, 3.63) is 0 Å². The van der Waals surface area contributed by atoms with Crippen molar-refractivity contribution in [2.75, 3.05) is 26.4 Å². The zero-order chi connectivity index (χ0) is 6.97. The summed E-state index contributed by atoms with van der Waals surface area (Å²) >= 11 is 0. The summed E-state index contributed by atoms with van der Waals surface area (Å²) in [7, 11) is 0. The van der Waals surface area contributed by atoms with Crippen molar-refractivity contribution in [2.24, 2.45) is 17.6 Å². The first-order valence-corrected chi connectivity index (χ1v) is 3.79. The Morgan fingerprint density at radius 1 is 1.00 bits per heavy atom. The molecule has 0 unspecified atom stereocenters. The summed E-state index contributed by atoms with van der Waals surface area (Å²) in [5, 5.41) is 0. The summed E-state index contributed by atoms with van der Waals surface area (Å²) in [6, 6.07) is 0.322. The first-order valence-electron chi connectivity index (χ1n) is 3.79. The van der Waals surface area contributed by atoms with Gasteiger partial charge in [-0.15, -0.1) is 0 Å². The van der Waals surface area contributed by atoms with Crippen molar-refractivity contribution in [2.45, 2.75) is 6.04 Å². The van der Waals surface area contributed by atoms with Crippen LogP contribution >= 0.6 is 0 Å². The number of hydrogen-bond acceptors (Lipinski definition) is 3. The maximum absolute atomic E-state index is 5.92. The highest BCUT2D eigenvalue weighted by Crippen LogP contribution is 2.23. The Hall–Kier alpha value is -0.120. The van der Waals surface area contributed by atoms with Crippen LogP contribution in [0.2, 0.25) is 0 Å². The minimum atomic E-state index is 0.322. The van der Waals surface area contributed by atoms with E-state index in [4.69, 9.17) is 15.2 Å². The molecule has 0 radical (unpaired) electrons. The van der Waals surface area contributed by atoms with Gasteiger partial charge in [-0.05, 0) is 0 Å². The Morgan fingerprint density at radius 3 is 1.60 bits per heavy atom. The van der Waals surface area contributed by atoms with Gasteiger partial charge in [-0.1, -0.05) is 0 Å². The van der Waals surface area contributed by atoms with Gasteiger partial charge in [0.25, 0.3) is 0 Å². The molecule has 0 spiro atoms. The minimum absolute atomic E-state index is 0.322. The first-order chi connectivity index (χ1) is 4.88. The van der Waals surface area contributed by atoms with Gasteiger partial charge in [0.05, 0.1) is 26.4 Å². The minimum Gasteiger partial charge on any atom is -0.381 e. The molecule has 2 rings (SSSR count). The number of ether oxygens (including phenoxy) is 2. The summed E-state index contributed by atoms with van der Waals surface area (Å²) in [6.07, 6.45) is 0. The van der Waals surface area contributed by atoms with E-state index in [9.17, 15) is 0 Å². The highest BCUT2D eigenvalue weighted by atomic mass is 16.5. The lowest BCUT2D eigenvalue weighted by Crippen LogP contribution is -2.53. The van der Waals surface area contributed by atoms with Gasteiger partial charge in [-0.3, -0.25) is 0 Å². The Morgan fingerprint density at radius 2 is 1.40 bits per heavy atom. The van der Waals surface area contributed by atoms with Crippen molar-refractivity contribution < 1.29 is 9.47 Å². The van der Waals surface area contributed by atoms with Crippen LogP contribution in [0.25, 0.3) is 0 Å². The van der Waals surface area contributed by atoms with Crippen LogP contribution in [0.1, 0.15) is 0 Å². The maximum Gasteiger partial charge on any atom is 0.0531 e. The molecule has 2 aliphatic heterocycles. The third-order valence-electron chi connectivity index (χ3n) is 2.42. The van der Waals surface area contributed by atoms with Crippen molar-refractivity contribution in [1.29, 1.82) is 0 Å². The molecular formula is C7H13NO2. The molecule has 2 N–H and O–H groups in total. The smallest absolute Gasteiger partial charge is 0.0531 e. The van der Waals surface area contributed by atoms with Gasteiger partial charge < -0.3 is 15.2 Å². The van der Waals surface area contributed by atoms with Crippen LogP contribution in [0, 0.1) is 11.8 Å². The Bertz CT molecular complexity index is 107. The summed E-state index contributed by atoms with van der Waals surface area (Å²) in [4.78, 5) is 0. The molecule has 3 nitrogen and oxygen atoms in total. The molecule has 0 aromatic heterocycles. The molecule has 2 aliphatic rings. The van der Waals surface area contributed by atoms with Crippen LogP contribution in [0.4, 0.5) is 0 Å². The summed E-state index contributed by atoms with van der Waals surface area (Å²) in [5.74, 6) is 1.21. The van der Waals surface area contributed by atoms with Crippen LogP contribution in [-0.2, 0) is 9.47 Å². The lowest BCUT2D eigenvalue weighted by molar-refractivity contribution is -0.102. The number of rotatable bonds is 2. The van der Waals surface area contributed by atoms with Gasteiger partial charge in [0, 0.05) is 17.9 Å². The highest BCUT2D eigenvalue weighted by Gasteiger charge is 2.34. The molecule has 2 fully saturated rings. The largest absolute Gasteiger partial charge is 0.381 e. The van der Waals surface area contributed by atoms with Crippen molar-refractivity contribution in [3.63, 3.8) is 0 Å². The molecule has 0 aliphatic carbocycles. The number of nitrogens with two attached hydrogens (primary N) is 1. The topological polar surface area (TPSA) is 44.5 Å². The Balaban J connectivity index is 1.79. The van der Waals surface area contributed by atoms with E-state index in [1.54, 1.807) is 0 Å². The molecular weight excluding hydrogens is 130 g/mol. The van der Waals surface area contributed by atoms with E-state index in [-0.39, 0.29) is 0 Å². The van der Waals surface area contributed by atoms with Crippen LogP contribution in [-0.4, -0.2) is 32.5 Å². The van der Waals surface area contributed by atoms with Gasteiger partial charge in [-0.2, -0.15) is 0 Å². The van der Waals surface area contributed by atoms with Gasteiger partial charge in [0.2, 0.25) is 0 Å². The van der Waals surface area contributed by atoms with Crippen LogP contribution < -0.4 is 5.73 Å². The Kier molecular flexibility index (Phi) is 1.64. The summed E-state index contributed by atoms with van der Waals surface area (Å²) in [5.41, 5.74) is 5.92. The normalized spacial score (nSPS) is 28.2. The van der Waals surface area contributed by atoms with Gasteiger partial charge in [-0.25, -0.2) is 0 Å². The fourth-order valence-electron chi connectivity index (χ4n) is 1.34. The molecule has 58 valence electrons. The Labute approximate surface area is 60.5 Å². The van der Waals surface area contributed by atoms with E-state index in [0.29, 0.717) is 17.9 Å². The summed E-state index contributed by atoms with van der Waals surface area (Å²) in [6.45, 7) is 3.44. The molecule has 0 saturated carbocycles. The average molecular weight is 143 g/mol. The molecule has 2 saturated heterocycles. The fourth-order valence-corrected chi connectivity index (χ4v) is 1.34. The second kappa shape index (κ2) is 2.49. The van der Waals surface area contributed by atoms with E-state index in [2.05, 4.69) is 0 Å². The fraction of sp³-hybridized carbons (Fsp3) is 1.00. The number of hydrogen-bond donors (Lipinski definition) is 1. The molecule has 2 heterocycles. The van der Waals surface area contributed by atoms with Crippen molar-refractivity contribution in [1.82, 2.24) is 0 Å². The van der Waals surface area contributed by atoms with Crippen LogP contribution in [0.15, 0.2) is 0 Å². The SMILES string of the molecule is NC(C1COC1)C1COC1. The molecule has 3 heteroatoms. The monoisotopic (exact) mass is 143 g/mol. The van der Waals surface area contributed by atoms with E-state index in [1.165, 1.54) is 0 Å². The molecule has 10 heavy (non-hydrogen) atoms. The third kappa shape index (κ3) is 0.944. The van der Waals surface area contributed by atoms with E-state index in [0.717, 1.165) is 26.4 Å². The first kappa shape index (κ1) is 6.58. The molecule has 0 aromatic rings. The summed E-state index contributed by atoms with van der Waals surface area (Å²) < 4.78 is 10.1. The average Bonchev–Trinajstić information content (AvgIpc) is 1.52. The van der Waals surface area contributed by atoms with Crippen molar-refractivity contribution in [3.8, 4) is 0 Å². The van der Waals surface area contributed by atoms with E-state index in [1.807, 2.05) is 0 Å². The maximum atomic E-state index is 5.92. The molecule has 0 amide bonds. The van der Waals surface area contributed by atoms with Crippen LogP contribution in [0.5, 0.6) is 0 Å². The second-order valence-corrected chi connectivity index (χ2v) is 3.17. The highest BCUT2D eigenvalue weighted by molar-refractivity contribution is 4.86. The molecule has 0 atom stereocenters. The van der Waals surface area contributed by atoms with Crippen LogP contribution in [0.3, 0.4) is 0 Å². The molecule has 0 bridgehead atoms. The van der Waals surface area contributed by atoms with Gasteiger partial charge in [0.1, 0.15) is 0 Å². The van der Waals surface area contributed by atoms with Crippen molar-refractivity contribution >= 4 is 0 Å². The van der Waals surface area contributed by atoms with E-state index < -0.39 is 0 Å². The van der Waals surface area contributed by atoms with Gasteiger partial charge in [0.15, 0.2) is 0 Å². The lowest BCUT2D eigenvalue weighted by Gasteiger charge is -2.39.